The van der Waals surface area contributed by atoms with E-state index in [2.05, 4.69) is 50.8 Å². The Morgan fingerprint density at radius 2 is 0.889 bits per heavy atom. The summed E-state index contributed by atoms with van der Waals surface area (Å²) in [7, 11) is 0. The van der Waals surface area contributed by atoms with Crippen molar-refractivity contribution in [2.24, 2.45) is 0 Å². The molecular formula is C50H47N13O9. The van der Waals surface area contributed by atoms with E-state index in [-0.39, 0.29) is 17.9 Å². The summed E-state index contributed by atoms with van der Waals surface area (Å²) >= 11 is 0. The summed E-state index contributed by atoms with van der Waals surface area (Å²) in [6.07, 6.45) is 7.93. The van der Waals surface area contributed by atoms with Crippen LogP contribution in [-0.2, 0) is 27.1 Å². The van der Waals surface area contributed by atoms with E-state index in [1.54, 1.807) is 121 Å². The molecule has 0 aliphatic heterocycles. The van der Waals surface area contributed by atoms with Crippen molar-refractivity contribution < 1.29 is 42.8 Å². The van der Waals surface area contributed by atoms with Crippen molar-refractivity contribution in [2.75, 3.05) is 25.6 Å². The van der Waals surface area contributed by atoms with E-state index >= 15 is 0 Å². The van der Waals surface area contributed by atoms with Gasteiger partial charge in [0, 0.05) is 54.8 Å². The smallest absolute Gasteiger partial charge is 0.338 e. The van der Waals surface area contributed by atoms with Crippen LogP contribution in [0.3, 0.4) is 0 Å². The van der Waals surface area contributed by atoms with E-state index in [4.69, 9.17) is 34.2 Å². The van der Waals surface area contributed by atoms with Crippen molar-refractivity contribution in [1.29, 1.82) is 0 Å². The van der Waals surface area contributed by atoms with Crippen LogP contribution in [0.15, 0.2) is 140 Å². The molecule has 0 radical (unpaired) electrons. The van der Waals surface area contributed by atoms with Gasteiger partial charge in [-0.25, -0.2) is 33.4 Å². The number of nitrogens with two attached hydrogens (primary N) is 1. The molecule has 0 bridgehead atoms. The highest BCUT2D eigenvalue weighted by Gasteiger charge is 2.14. The van der Waals surface area contributed by atoms with E-state index in [0.717, 1.165) is 33.8 Å². The molecule has 0 fully saturated rings. The average molecular weight is 974 g/mol. The summed E-state index contributed by atoms with van der Waals surface area (Å²) in [6.45, 7) is 6.27. The predicted octanol–water partition coefficient (Wildman–Crippen LogP) is 7.99. The summed E-state index contributed by atoms with van der Waals surface area (Å²) in [5, 5.41) is 29.0. The highest BCUT2D eigenvalue weighted by Crippen LogP contribution is 2.25. The van der Waals surface area contributed by atoms with Crippen LogP contribution < -0.4 is 19.9 Å². The van der Waals surface area contributed by atoms with Crippen LogP contribution in [0.1, 0.15) is 74.6 Å². The van der Waals surface area contributed by atoms with Crippen molar-refractivity contribution in [3.8, 4) is 34.9 Å². The number of rotatable bonds is 16. The first-order valence-corrected chi connectivity index (χ1v) is 22.4. The van der Waals surface area contributed by atoms with Gasteiger partial charge in [-0.2, -0.15) is 10.2 Å². The molecule has 10 rings (SSSR count). The third kappa shape index (κ3) is 12.8. The number of aromatic nitrogens is 12. The van der Waals surface area contributed by atoms with Crippen LogP contribution in [-0.4, -0.2) is 97.5 Å². The van der Waals surface area contributed by atoms with Crippen molar-refractivity contribution in [3.05, 3.63) is 180 Å². The molecule has 0 amide bonds. The number of aromatic amines is 3. The lowest BCUT2D eigenvalue weighted by Crippen LogP contribution is -2.04. The molecule has 72 heavy (non-hydrogen) atoms. The third-order valence-electron chi connectivity index (χ3n) is 10.0. The number of carbonyl (C=O) groups excluding carboxylic acids is 3. The molecule has 22 nitrogen and oxygen atoms in total. The number of carbonyl (C=O) groups is 3. The van der Waals surface area contributed by atoms with Crippen molar-refractivity contribution in [2.45, 2.75) is 33.6 Å². The van der Waals surface area contributed by atoms with Crippen LogP contribution in [0.5, 0.6) is 34.9 Å². The van der Waals surface area contributed by atoms with Gasteiger partial charge < -0.3 is 34.2 Å². The van der Waals surface area contributed by atoms with Gasteiger partial charge in [-0.3, -0.25) is 15.3 Å². The largest absolute Gasteiger partial charge is 0.462 e. The first-order valence-electron chi connectivity index (χ1n) is 22.4. The fourth-order valence-electron chi connectivity index (χ4n) is 6.87. The predicted molar refractivity (Wildman–Crippen MR) is 259 cm³/mol. The minimum atomic E-state index is -0.385. The average Bonchev–Trinajstić information content (AvgIpc) is 4.26. The molecule has 7 aromatic heterocycles. The maximum Gasteiger partial charge on any atom is 0.338 e. The molecule has 7 heterocycles. The normalized spacial score (nSPS) is 10.7. The molecule has 0 aliphatic rings. The Kier molecular flexibility index (Phi) is 15.8. The standard InChI is InChI=1S/2C19H17N5O3.C12H13N3O3/c2*1-2-26-19(25)13-5-3-6-15(9-13)27-18-11-14(22-23-18)10-16-17-7-4-8-24(17)21-12-20-16;1-2-17-12(16)8-4-3-5-9(6-8)18-11-7-10(13)14-15-11/h2*3-9,11-12H,2,10H2,1H3,(H,22,23);3-7H,2H2,1H3,(H3,13,14,15). The Hall–Kier alpha value is -9.86. The first-order chi connectivity index (χ1) is 35.1. The van der Waals surface area contributed by atoms with Gasteiger partial charge in [0.2, 0.25) is 17.6 Å². The lowest BCUT2D eigenvalue weighted by molar-refractivity contribution is 0.0516. The molecule has 3 aromatic carbocycles. The quantitative estimate of drug-likeness (QED) is 0.0527. The lowest BCUT2D eigenvalue weighted by atomic mass is 10.2. The second-order valence-corrected chi connectivity index (χ2v) is 15.1. The molecule has 0 spiro atoms. The second kappa shape index (κ2) is 23.4. The van der Waals surface area contributed by atoms with Crippen molar-refractivity contribution in [3.63, 3.8) is 0 Å². The van der Waals surface area contributed by atoms with Gasteiger partial charge in [0.1, 0.15) is 35.7 Å². The van der Waals surface area contributed by atoms with Crippen molar-refractivity contribution in [1.82, 2.24) is 59.8 Å². The Labute approximate surface area is 410 Å². The van der Waals surface area contributed by atoms with Crippen LogP contribution in [0, 0.1) is 0 Å². The van der Waals surface area contributed by atoms with Crippen LogP contribution >= 0.6 is 0 Å². The van der Waals surface area contributed by atoms with Gasteiger partial charge in [0.05, 0.1) is 58.9 Å². The molecule has 5 N–H and O–H groups in total. The summed E-state index contributed by atoms with van der Waals surface area (Å²) in [6, 6.07) is 33.2. The zero-order chi connectivity index (χ0) is 50.2. The molecule has 366 valence electrons. The number of hydrogen-bond donors (Lipinski definition) is 4. The Balaban J connectivity index is 0.000000148. The summed E-state index contributed by atoms with van der Waals surface area (Å²) in [4.78, 5) is 43.9. The summed E-state index contributed by atoms with van der Waals surface area (Å²) < 4.78 is 35.4. The molecule has 0 atom stereocenters. The maximum atomic E-state index is 11.8. The second-order valence-electron chi connectivity index (χ2n) is 15.1. The zero-order valence-corrected chi connectivity index (χ0v) is 39.1. The van der Waals surface area contributed by atoms with E-state index in [1.807, 2.05) is 36.7 Å². The highest BCUT2D eigenvalue weighted by molar-refractivity contribution is 5.91. The van der Waals surface area contributed by atoms with Gasteiger partial charge in [-0.1, -0.05) is 18.2 Å². The fraction of sp³-hybridized carbons (Fsp3) is 0.160. The number of anilines is 1. The van der Waals surface area contributed by atoms with Crippen LogP contribution in [0.25, 0.3) is 11.0 Å². The minimum absolute atomic E-state index is 0.324. The Morgan fingerprint density at radius 3 is 1.26 bits per heavy atom. The van der Waals surface area contributed by atoms with Gasteiger partial charge in [-0.05, 0) is 99.6 Å². The molecule has 0 saturated heterocycles. The minimum Gasteiger partial charge on any atom is -0.462 e. The maximum absolute atomic E-state index is 11.8. The molecule has 0 saturated carbocycles. The molecule has 0 aliphatic carbocycles. The third-order valence-corrected chi connectivity index (χ3v) is 10.0. The van der Waals surface area contributed by atoms with E-state index < -0.39 is 0 Å². The van der Waals surface area contributed by atoms with Crippen LogP contribution in [0.4, 0.5) is 5.82 Å². The lowest BCUT2D eigenvalue weighted by Gasteiger charge is -2.05. The molecule has 0 unspecified atom stereocenters. The number of esters is 3. The number of H-pyrrole nitrogens is 3. The number of benzene rings is 3. The number of nitrogens with zero attached hydrogens (tertiary/aromatic N) is 9. The monoisotopic (exact) mass is 973 g/mol. The van der Waals surface area contributed by atoms with Crippen molar-refractivity contribution >= 4 is 34.8 Å². The fourth-order valence-corrected chi connectivity index (χ4v) is 6.87. The Bertz CT molecular complexity index is 3240. The molecule has 10 aromatic rings. The van der Waals surface area contributed by atoms with Crippen LogP contribution in [0.2, 0.25) is 0 Å². The SMILES string of the molecule is CCOC(=O)c1cccc(Oc2cc(Cc3ncnn4cccc34)[nH]n2)c1.CCOC(=O)c1cccc(Oc2cc(Cc3ncnn4cccc34)[nH]n2)c1.CCOC(=O)c1cccc(Oc2cc(N)[nH]n2)c1. The topological polar surface area (TPSA) is 279 Å². The molecule has 22 heteroatoms. The zero-order valence-electron chi connectivity index (χ0n) is 39.1. The summed E-state index contributed by atoms with van der Waals surface area (Å²) in [5.41, 5.74) is 12.1. The summed E-state index contributed by atoms with van der Waals surface area (Å²) in [5.74, 6) is 1.93. The van der Waals surface area contributed by atoms with E-state index in [9.17, 15) is 14.4 Å². The molecular weight excluding hydrogens is 927 g/mol. The Morgan fingerprint density at radius 1 is 0.500 bits per heavy atom. The van der Waals surface area contributed by atoms with Gasteiger partial charge in [0.25, 0.3) is 0 Å². The number of hydrogen-bond acceptors (Lipinski definition) is 17. The van der Waals surface area contributed by atoms with Gasteiger partial charge >= 0.3 is 17.9 Å². The number of fused-ring (bicyclic) bond motifs is 2. The number of ether oxygens (including phenoxy) is 6. The van der Waals surface area contributed by atoms with E-state index in [1.165, 1.54) is 12.7 Å². The first kappa shape index (κ1) is 48.6. The number of nitrogens with one attached hydrogen (secondary N) is 3. The number of nitrogen functional groups attached to an aromatic ring is 1. The van der Waals surface area contributed by atoms with Gasteiger partial charge in [0.15, 0.2) is 0 Å². The highest BCUT2D eigenvalue weighted by atomic mass is 16.5. The van der Waals surface area contributed by atoms with E-state index in [0.29, 0.717) is 90.1 Å². The van der Waals surface area contributed by atoms with Gasteiger partial charge in [-0.15, -0.1) is 15.3 Å².